The number of benzene rings is 7. The average Bonchev–Trinajstić information content (AvgIpc) is 3.59. The van der Waals surface area contributed by atoms with Crippen LogP contribution in [-0.4, -0.2) is 0 Å². The van der Waals surface area contributed by atoms with E-state index >= 15 is 0 Å². The zero-order chi connectivity index (χ0) is 26.2. The predicted molar refractivity (Wildman–Crippen MR) is 167 cm³/mol. The van der Waals surface area contributed by atoms with Crippen LogP contribution in [0.4, 0.5) is 0 Å². The van der Waals surface area contributed by atoms with Crippen LogP contribution in [0.15, 0.2) is 142 Å². The van der Waals surface area contributed by atoms with E-state index in [2.05, 4.69) is 115 Å². The van der Waals surface area contributed by atoms with E-state index in [0.717, 1.165) is 43.9 Å². The summed E-state index contributed by atoms with van der Waals surface area (Å²) in [5, 5.41) is 9.30. The molecule has 0 spiro atoms. The van der Waals surface area contributed by atoms with Gasteiger partial charge in [-0.05, 0) is 68.1 Å². The molecule has 0 aliphatic rings. The van der Waals surface area contributed by atoms with Gasteiger partial charge in [-0.3, -0.25) is 0 Å². The largest absolute Gasteiger partial charge is 0.452 e. The quantitative estimate of drug-likeness (QED) is 0.216. The van der Waals surface area contributed by atoms with E-state index in [4.69, 9.17) is 8.83 Å². The standard InChI is InChI=1S/C38H22O2/c1-2-11-23(12-3-1)34-25-14-4-6-16-27(25)35(28-17-7-5-15-26(28)34)30-18-10-20-33-36(30)31-22-21-29-24-13-8-9-19-32(24)39-37(29)38(31)40-33/h1-22H. The summed E-state index contributed by atoms with van der Waals surface area (Å²) in [7, 11) is 0. The fourth-order valence-corrected chi connectivity index (χ4v) is 6.61. The van der Waals surface area contributed by atoms with Gasteiger partial charge < -0.3 is 8.83 Å². The molecule has 0 fully saturated rings. The Kier molecular flexibility index (Phi) is 4.36. The average molecular weight is 511 g/mol. The summed E-state index contributed by atoms with van der Waals surface area (Å²) < 4.78 is 12.9. The molecule has 0 amide bonds. The molecular formula is C38H22O2. The molecule has 0 unspecified atom stereocenters. The van der Waals surface area contributed by atoms with Gasteiger partial charge in [0.1, 0.15) is 11.2 Å². The maximum absolute atomic E-state index is 6.58. The SMILES string of the molecule is c1ccc(-c2c3ccccc3c(-c3cccc4oc5c(ccc6c7ccccc7oc65)c34)c3ccccc23)cc1. The number of fused-ring (bicyclic) bond motifs is 9. The Bertz CT molecular complexity index is 2370. The van der Waals surface area contributed by atoms with Gasteiger partial charge in [0.15, 0.2) is 11.2 Å². The van der Waals surface area contributed by atoms with E-state index in [1.807, 2.05) is 18.2 Å². The zero-order valence-corrected chi connectivity index (χ0v) is 21.5. The van der Waals surface area contributed by atoms with Crippen molar-refractivity contribution < 1.29 is 8.83 Å². The lowest BCUT2D eigenvalue weighted by atomic mass is 9.85. The van der Waals surface area contributed by atoms with Crippen LogP contribution in [0.3, 0.4) is 0 Å². The number of furan rings is 2. The van der Waals surface area contributed by atoms with Crippen LogP contribution >= 0.6 is 0 Å². The summed E-state index contributed by atoms with van der Waals surface area (Å²) in [6.45, 7) is 0. The van der Waals surface area contributed by atoms with Gasteiger partial charge in [-0.15, -0.1) is 0 Å². The lowest BCUT2D eigenvalue weighted by Crippen LogP contribution is -1.91. The molecular weight excluding hydrogens is 488 g/mol. The first kappa shape index (κ1) is 21.6. The molecule has 7 aromatic carbocycles. The van der Waals surface area contributed by atoms with Crippen LogP contribution in [0.1, 0.15) is 0 Å². The topological polar surface area (TPSA) is 26.3 Å². The molecule has 2 nitrogen and oxygen atoms in total. The van der Waals surface area contributed by atoms with Crippen molar-refractivity contribution in [3.63, 3.8) is 0 Å². The molecule has 40 heavy (non-hydrogen) atoms. The van der Waals surface area contributed by atoms with Crippen molar-refractivity contribution in [1.82, 2.24) is 0 Å². The highest BCUT2D eigenvalue weighted by Crippen LogP contribution is 2.47. The molecule has 9 rings (SSSR count). The minimum absolute atomic E-state index is 0.797. The van der Waals surface area contributed by atoms with Crippen LogP contribution in [0.2, 0.25) is 0 Å². The Morgan fingerprint density at radius 2 is 0.850 bits per heavy atom. The van der Waals surface area contributed by atoms with Crippen molar-refractivity contribution in [2.45, 2.75) is 0 Å². The Morgan fingerprint density at radius 3 is 1.57 bits per heavy atom. The molecule has 2 heteroatoms. The summed E-state index contributed by atoms with van der Waals surface area (Å²) in [5.74, 6) is 0. The fourth-order valence-electron chi connectivity index (χ4n) is 6.61. The van der Waals surface area contributed by atoms with Crippen molar-refractivity contribution in [3.05, 3.63) is 133 Å². The molecule has 0 N–H and O–H groups in total. The van der Waals surface area contributed by atoms with Crippen LogP contribution < -0.4 is 0 Å². The normalized spacial score (nSPS) is 12.0. The highest BCUT2D eigenvalue weighted by atomic mass is 16.4. The summed E-state index contributed by atoms with van der Waals surface area (Å²) >= 11 is 0. The van der Waals surface area contributed by atoms with Gasteiger partial charge in [0, 0.05) is 21.5 Å². The lowest BCUT2D eigenvalue weighted by Gasteiger charge is -2.18. The van der Waals surface area contributed by atoms with Gasteiger partial charge in [0.2, 0.25) is 0 Å². The molecule has 0 aliphatic carbocycles. The van der Waals surface area contributed by atoms with Crippen LogP contribution in [0.25, 0.3) is 87.7 Å². The van der Waals surface area contributed by atoms with Crippen LogP contribution in [-0.2, 0) is 0 Å². The lowest BCUT2D eigenvalue weighted by molar-refractivity contribution is 0.633. The summed E-state index contributed by atoms with van der Waals surface area (Å²) in [5.41, 5.74) is 8.22. The maximum atomic E-state index is 6.58. The van der Waals surface area contributed by atoms with Crippen molar-refractivity contribution in [1.29, 1.82) is 0 Å². The minimum Gasteiger partial charge on any atom is -0.452 e. The van der Waals surface area contributed by atoms with E-state index < -0.39 is 0 Å². The van der Waals surface area contributed by atoms with E-state index in [9.17, 15) is 0 Å². The van der Waals surface area contributed by atoms with Crippen molar-refractivity contribution >= 4 is 65.4 Å². The van der Waals surface area contributed by atoms with Gasteiger partial charge in [0.05, 0.1) is 0 Å². The molecule has 2 aromatic heterocycles. The second-order valence-electron chi connectivity index (χ2n) is 10.4. The van der Waals surface area contributed by atoms with Crippen LogP contribution in [0, 0.1) is 0 Å². The summed E-state index contributed by atoms with van der Waals surface area (Å²) in [6.07, 6.45) is 0. The molecule has 0 atom stereocenters. The highest BCUT2D eigenvalue weighted by Gasteiger charge is 2.22. The molecule has 186 valence electrons. The highest BCUT2D eigenvalue weighted by molar-refractivity contribution is 6.27. The number of hydrogen-bond acceptors (Lipinski definition) is 2. The predicted octanol–water partition coefficient (Wildman–Crippen LogP) is 11.1. The molecule has 0 saturated carbocycles. The van der Waals surface area contributed by atoms with Gasteiger partial charge in [0.25, 0.3) is 0 Å². The van der Waals surface area contributed by atoms with Crippen molar-refractivity contribution in [2.75, 3.05) is 0 Å². The second-order valence-corrected chi connectivity index (χ2v) is 10.4. The Balaban J connectivity index is 1.45. The third-order valence-corrected chi connectivity index (χ3v) is 8.27. The van der Waals surface area contributed by atoms with E-state index in [1.54, 1.807) is 0 Å². The van der Waals surface area contributed by atoms with Crippen molar-refractivity contribution in [2.24, 2.45) is 0 Å². The maximum Gasteiger partial charge on any atom is 0.178 e. The number of para-hydroxylation sites is 1. The summed E-state index contributed by atoms with van der Waals surface area (Å²) in [4.78, 5) is 0. The molecule has 0 radical (unpaired) electrons. The third kappa shape index (κ3) is 2.88. The van der Waals surface area contributed by atoms with E-state index in [-0.39, 0.29) is 0 Å². The number of hydrogen-bond donors (Lipinski definition) is 0. The molecule has 0 bridgehead atoms. The number of rotatable bonds is 2. The zero-order valence-electron chi connectivity index (χ0n) is 21.5. The van der Waals surface area contributed by atoms with Crippen molar-refractivity contribution in [3.8, 4) is 22.3 Å². The van der Waals surface area contributed by atoms with Crippen LogP contribution in [0.5, 0.6) is 0 Å². The third-order valence-electron chi connectivity index (χ3n) is 8.27. The first-order valence-electron chi connectivity index (χ1n) is 13.6. The molecule has 9 aromatic rings. The first-order valence-corrected chi connectivity index (χ1v) is 13.6. The Morgan fingerprint density at radius 1 is 0.325 bits per heavy atom. The second kappa shape index (κ2) is 8.08. The smallest absolute Gasteiger partial charge is 0.178 e. The fraction of sp³-hybridized carbons (Fsp3) is 0. The minimum atomic E-state index is 0.797. The summed E-state index contributed by atoms with van der Waals surface area (Å²) in [6, 6.07) is 47.2. The molecule has 2 heterocycles. The molecule has 0 saturated heterocycles. The Hall–Kier alpha value is -5.34. The van der Waals surface area contributed by atoms with Gasteiger partial charge in [-0.1, -0.05) is 109 Å². The molecule has 0 aliphatic heterocycles. The van der Waals surface area contributed by atoms with E-state index in [0.29, 0.717) is 0 Å². The monoisotopic (exact) mass is 510 g/mol. The first-order chi connectivity index (χ1) is 19.9. The van der Waals surface area contributed by atoms with E-state index in [1.165, 1.54) is 43.8 Å². The van der Waals surface area contributed by atoms with Gasteiger partial charge in [-0.2, -0.15) is 0 Å². The van der Waals surface area contributed by atoms with Gasteiger partial charge in [-0.25, -0.2) is 0 Å². The van der Waals surface area contributed by atoms with Gasteiger partial charge >= 0.3 is 0 Å². The Labute approximate surface area is 229 Å².